The summed E-state index contributed by atoms with van der Waals surface area (Å²) in [6.07, 6.45) is 3.00. The van der Waals surface area contributed by atoms with Crippen LogP contribution in [-0.2, 0) is 11.2 Å². The Kier molecular flexibility index (Phi) is 3.90. The van der Waals surface area contributed by atoms with E-state index < -0.39 is 0 Å². The predicted molar refractivity (Wildman–Crippen MR) is 74.1 cm³/mol. The Bertz CT molecular complexity index is 424. The van der Waals surface area contributed by atoms with Gasteiger partial charge in [-0.25, -0.2) is 0 Å². The minimum Gasteiger partial charge on any atom is -0.399 e. The number of hydrogen-bond acceptors (Lipinski definition) is 2. The van der Waals surface area contributed by atoms with E-state index in [0.717, 1.165) is 23.7 Å². The second-order valence-corrected chi connectivity index (χ2v) is 5.51. The first-order valence-corrected chi connectivity index (χ1v) is 6.70. The van der Waals surface area contributed by atoms with Crippen LogP contribution in [0.25, 0.3) is 0 Å². The first-order chi connectivity index (χ1) is 8.56. The van der Waals surface area contributed by atoms with E-state index in [1.165, 1.54) is 12.8 Å². The molecule has 0 atom stereocenters. The van der Waals surface area contributed by atoms with Crippen molar-refractivity contribution in [3.8, 4) is 0 Å². The fraction of sp³-hybridized carbons (Fsp3) is 0.533. The van der Waals surface area contributed by atoms with Crippen LogP contribution in [0.2, 0.25) is 0 Å². The molecule has 0 saturated heterocycles. The van der Waals surface area contributed by atoms with Gasteiger partial charge >= 0.3 is 0 Å². The summed E-state index contributed by atoms with van der Waals surface area (Å²) >= 11 is 0. The summed E-state index contributed by atoms with van der Waals surface area (Å²) in [6.45, 7) is 5.08. The average molecular weight is 246 g/mol. The molecule has 1 aromatic rings. The molecular weight excluding hydrogens is 224 g/mol. The Morgan fingerprint density at radius 1 is 1.44 bits per heavy atom. The zero-order chi connectivity index (χ0) is 13.1. The van der Waals surface area contributed by atoms with Crippen LogP contribution in [0.15, 0.2) is 24.3 Å². The molecule has 3 nitrogen and oxygen atoms in total. The highest BCUT2D eigenvalue weighted by atomic mass is 16.2. The lowest BCUT2D eigenvalue weighted by atomic mass is 10.1. The minimum atomic E-state index is 0.211. The third kappa shape index (κ3) is 3.49. The summed E-state index contributed by atoms with van der Waals surface area (Å²) in [5.74, 6) is 0.944. The lowest BCUT2D eigenvalue weighted by Gasteiger charge is -2.27. The number of carbonyl (C=O) groups is 1. The Morgan fingerprint density at radius 2 is 2.17 bits per heavy atom. The van der Waals surface area contributed by atoms with Crippen molar-refractivity contribution in [2.45, 2.75) is 39.2 Å². The molecule has 0 radical (unpaired) electrons. The summed E-state index contributed by atoms with van der Waals surface area (Å²) in [5.41, 5.74) is 7.46. The third-order valence-corrected chi connectivity index (χ3v) is 3.40. The second kappa shape index (κ2) is 5.42. The molecule has 2 N–H and O–H groups in total. The summed E-state index contributed by atoms with van der Waals surface area (Å²) in [5, 5.41) is 0. The molecule has 18 heavy (non-hydrogen) atoms. The van der Waals surface area contributed by atoms with Gasteiger partial charge in [-0.1, -0.05) is 12.1 Å². The monoisotopic (exact) mass is 246 g/mol. The summed E-state index contributed by atoms with van der Waals surface area (Å²) < 4.78 is 0. The number of amides is 1. The molecule has 0 unspecified atom stereocenters. The van der Waals surface area contributed by atoms with Crippen LogP contribution in [0.3, 0.4) is 0 Å². The molecular formula is C15H22N2O. The van der Waals surface area contributed by atoms with Crippen LogP contribution in [0.5, 0.6) is 0 Å². The van der Waals surface area contributed by atoms with Crippen molar-refractivity contribution >= 4 is 11.6 Å². The standard InChI is InChI=1S/C15H22N2O/c1-11(2)17(10-12-6-7-12)15(18)9-13-4-3-5-14(16)8-13/h3-5,8,11-12H,6-7,9-10,16H2,1-2H3. The quantitative estimate of drug-likeness (QED) is 0.811. The topological polar surface area (TPSA) is 46.3 Å². The number of nitrogen functional groups attached to an aromatic ring is 1. The molecule has 0 heterocycles. The Labute approximate surface area is 109 Å². The number of nitrogens with two attached hydrogens (primary N) is 1. The highest BCUT2D eigenvalue weighted by molar-refractivity contribution is 5.79. The van der Waals surface area contributed by atoms with E-state index in [-0.39, 0.29) is 11.9 Å². The highest BCUT2D eigenvalue weighted by Crippen LogP contribution is 2.30. The molecule has 1 amide bonds. The summed E-state index contributed by atoms with van der Waals surface area (Å²) in [7, 11) is 0. The van der Waals surface area contributed by atoms with Crippen molar-refractivity contribution in [2.24, 2.45) is 5.92 Å². The molecule has 1 fully saturated rings. The van der Waals surface area contributed by atoms with E-state index in [1.54, 1.807) is 0 Å². The van der Waals surface area contributed by atoms with E-state index in [9.17, 15) is 4.79 Å². The SMILES string of the molecule is CC(C)N(CC1CC1)C(=O)Cc1cccc(N)c1. The normalized spacial score (nSPS) is 14.8. The highest BCUT2D eigenvalue weighted by Gasteiger charge is 2.27. The third-order valence-electron chi connectivity index (χ3n) is 3.40. The Morgan fingerprint density at radius 3 is 2.72 bits per heavy atom. The zero-order valence-electron chi connectivity index (χ0n) is 11.2. The molecule has 1 saturated carbocycles. The predicted octanol–water partition coefficient (Wildman–Crippen LogP) is 2.46. The smallest absolute Gasteiger partial charge is 0.227 e. The molecule has 98 valence electrons. The van der Waals surface area contributed by atoms with Gasteiger partial charge in [-0.15, -0.1) is 0 Å². The van der Waals surface area contributed by atoms with Gasteiger partial charge in [-0.2, -0.15) is 0 Å². The van der Waals surface area contributed by atoms with E-state index in [1.807, 2.05) is 29.2 Å². The molecule has 1 aliphatic carbocycles. The number of hydrogen-bond donors (Lipinski definition) is 1. The molecule has 3 heteroatoms. The molecule has 2 rings (SSSR count). The number of carbonyl (C=O) groups excluding carboxylic acids is 1. The largest absolute Gasteiger partial charge is 0.399 e. The van der Waals surface area contributed by atoms with Gasteiger partial charge in [0.25, 0.3) is 0 Å². The minimum absolute atomic E-state index is 0.211. The lowest BCUT2D eigenvalue weighted by molar-refractivity contribution is -0.132. The van der Waals surface area contributed by atoms with Crippen LogP contribution >= 0.6 is 0 Å². The van der Waals surface area contributed by atoms with Crippen molar-refractivity contribution in [1.82, 2.24) is 4.90 Å². The molecule has 0 spiro atoms. The van der Waals surface area contributed by atoms with E-state index in [4.69, 9.17) is 5.73 Å². The first-order valence-electron chi connectivity index (χ1n) is 6.70. The van der Waals surface area contributed by atoms with Crippen molar-refractivity contribution in [1.29, 1.82) is 0 Å². The van der Waals surface area contributed by atoms with Crippen LogP contribution in [0, 0.1) is 5.92 Å². The summed E-state index contributed by atoms with van der Waals surface area (Å²) in [6, 6.07) is 7.87. The van der Waals surface area contributed by atoms with Gasteiger partial charge in [0, 0.05) is 18.3 Å². The number of rotatable bonds is 5. The van der Waals surface area contributed by atoms with Crippen LogP contribution in [-0.4, -0.2) is 23.4 Å². The van der Waals surface area contributed by atoms with Gasteiger partial charge in [-0.05, 0) is 50.3 Å². The number of nitrogens with zero attached hydrogens (tertiary/aromatic N) is 1. The Balaban J connectivity index is 1.99. The van der Waals surface area contributed by atoms with Gasteiger partial charge in [-0.3, -0.25) is 4.79 Å². The van der Waals surface area contributed by atoms with Crippen LogP contribution < -0.4 is 5.73 Å². The van der Waals surface area contributed by atoms with Crippen molar-refractivity contribution < 1.29 is 4.79 Å². The van der Waals surface area contributed by atoms with Gasteiger partial charge in [0.2, 0.25) is 5.91 Å². The maximum Gasteiger partial charge on any atom is 0.227 e. The molecule has 0 bridgehead atoms. The zero-order valence-corrected chi connectivity index (χ0v) is 11.2. The number of anilines is 1. The maximum atomic E-state index is 12.3. The summed E-state index contributed by atoms with van der Waals surface area (Å²) in [4.78, 5) is 14.3. The first kappa shape index (κ1) is 12.9. The van der Waals surface area contributed by atoms with Crippen molar-refractivity contribution in [2.75, 3.05) is 12.3 Å². The maximum absolute atomic E-state index is 12.3. The lowest BCUT2D eigenvalue weighted by Crippen LogP contribution is -2.39. The van der Waals surface area contributed by atoms with E-state index in [2.05, 4.69) is 13.8 Å². The average Bonchev–Trinajstić information content (AvgIpc) is 3.09. The van der Waals surface area contributed by atoms with Crippen molar-refractivity contribution in [3.63, 3.8) is 0 Å². The Hall–Kier alpha value is -1.51. The molecule has 1 aromatic carbocycles. The molecule has 0 aromatic heterocycles. The van der Waals surface area contributed by atoms with Gasteiger partial charge in [0.05, 0.1) is 6.42 Å². The van der Waals surface area contributed by atoms with E-state index >= 15 is 0 Å². The second-order valence-electron chi connectivity index (χ2n) is 5.51. The van der Waals surface area contributed by atoms with Crippen LogP contribution in [0.4, 0.5) is 5.69 Å². The molecule has 0 aliphatic heterocycles. The van der Waals surface area contributed by atoms with Gasteiger partial charge in [0.15, 0.2) is 0 Å². The fourth-order valence-corrected chi connectivity index (χ4v) is 2.16. The van der Waals surface area contributed by atoms with Gasteiger partial charge < -0.3 is 10.6 Å². The molecule has 1 aliphatic rings. The van der Waals surface area contributed by atoms with Crippen LogP contribution in [0.1, 0.15) is 32.3 Å². The van der Waals surface area contributed by atoms with E-state index in [0.29, 0.717) is 6.42 Å². The fourth-order valence-electron chi connectivity index (χ4n) is 2.16. The number of benzene rings is 1. The van der Waals surface area contributed by atoms with Crippen molar-refractivity contribution in [3.05, 3.63) is 29.8 Å². The van der Waals surface area contributed by atoms with Gasteiger partial charge in [0.1, 0.15) is 0 Å².